The predicted octanol–water partition coefficient (Wildman–Crippen LogP) is 4.05. The number of hydrogen-bond donors (Lipinski definition) is 1. The molecule has 8 heteroatoms. The molecule has 0 amide bonds. The van der Waals surface area contributed by atoms with Gasteiger partial charge >= 0.3 is 6.18 Å². The third-order valence-electron chi connectivity index (χ3n) is 2.19. The van der Waals surface area contributed by atoms with Crippen LogP contribution in [0.3, 0.4) is 0 Å². The fraction of sp³-hybridized carbons (Fsp3) is 0.500. The van der Waals surface area contributed by atoms with Gasteiger partial charge in [-0.2, -0.15) is 13.2 Å². The van der Waals surface area contributed by atoms with Gasteiger partial charge < -0.3 is 14.6 Å². The van der Waals surface area contributed by atoms with Crippen molar-refractivity contribution >= 4 is 31.9 Å². The number of ether oxygens (including phenoxy) is 2. The Kier molecular flexibility index (Phi) is 7.28. The predicted molar refractivity (Wildman–Crippen MR) is 74.8 cm³/mol. The van der Waals surface area contributed by atoms with Gasteiger partial charge in [-0.25, -0.2) is 0 Å². The molecule has 0 saturated carbocycles. The topological polar surface area (TPSA) is 38.7 Å². The van der Waals surface area contributed by atoms with Gasteiger partial charge in [0.15, 0.2) is 0 Å². The minimum absolute atomic E-state index is 0.0243. The van der Waals surface area contributed by atoms with Crippen molar-refractivity contribution in [2.45, 2.75) is 19.2 Å². The number of rotatable bonds is 7. The van der Waals surface area contributed by atoms with E-state index in [-0.39, 0.29) is 19.8 Å². The molecule has 20 heavy (non-hydrogen) atoms. The zero-order valence-corrected chi connectivity index (χ0v) is 13.5. The maximum absolute atomic E-state index is 11.8. The normalized spacial score (nSPS) is 11.7. The molecule has 1 N–H and O–H groups in total. The Balaban J connectivity index is 2.36. The highest BCUT2D eigenvalue weighted by Crippen LogP contribution is 2.34. The minimum Gasteiger partial charge on any atom is -0.491 e. The summed E-state index contributed by atoms with van der Waals surface area (Å²) < 4.78 is 46.7. The van der Waals surface area contributed by atoms with Crippen molar-refractivity contribution in [3.05, 3.63) is 26.6 Å². The molecule has 0 aliphatic carbocycles. The minimum atomic E-state index is -4.30. The lowest BCUT2D eigenvalue weighted by molar-refractivity contribution is -0.174. The first-order valence-electron chi connectivity index (χ1n) is 5.69. The Hall–Kier alpha value is -0.310. The van der Waals surface area contributed by atoms with Crippen LogP contribution in [0.5, 0.6) is 5.75 Å². The molecule has 0 heterocycles. The molecule has 0 unspecified atom stereocenters. The third kappa shape index (κ3) is 6.43. The zero-order chi connectivity index (χ0) is 15.2. The lowest BCUT2D eigenvalue weighted by atomic mass is 10.2. The van der Waals surface area contributed by atoms with Gasteiger partial charge in [0.25, 0.3) is 0 Å². The second-order valence-electron chi connectivity index (χ2n) is 3.92. The van der Waals surface area contributed by atoms with Crippen molar-refractivity contribution in [1.29, 1.82) is 0 Å². The van der Waals surface area contributed by atoms with Crippen LogP contribution in [0.2, 0.25) is 0 Å². The van der Waals surface area contributed by atoms with Crippen LogP contribution in [-0.4, -0.2) is 31.1 Å². The van der Waals surface area contributed by atoms with Crippen molar-refractivity contribution < 1.29 is 27.8 Å². The molecule has 0 spiro atoms. The standard InChI is InChI=1S/C12H13Br2F3O3/c13-9-4-8(6-18)5-10(14)11(9)20-3-1-2-19-7-12(15,16)17/h4-5,18H,1-3,6-7H2. The number of hydrogen-bond acceptors (Lipinski definition) is 3. The molecule has 0 radical (unpaired) electrons. The van der Waals surface area contributed by atoms with E-state index in [0.717, 1.165) is 0 Å². The van der Waals surface area contributed by atoms with E-state index in [1.54, 1.807) is 12.1 Å². The first-order chi connectivity index (χ1) is 9.33. The van der Waals surface area contributed by atoms with Crippen LogP contribution >= 0.6 is 31.9 Å². The van der Waals surface area contributed by atoms with Gasteiger partial charge in [0.05, 0.1) is 28.8 Å². The van der Waals surface area contributed by atoms with Crippen LogP contribution in [0, 0.1) is 0 Å². The monoisotopic (exact) mass is 420 g/mol. The summed E-state index contributed by atoms with van der Waals surface area (Å²) in [5.41, 5.74) is 0.713. The summed E-state index contributed by atoms with van der Waals surface area (Å²) in [7, 11) is 0. The van der Waals surface area contributed by atoms with Crippen molar-refractivity contribution in [2.24, 2.45) is 0 Å². The molecule has 1 aromatic rings. The SMILES string of the molecule is OCc1cc(Br)c(OCCCOCC(F)(F)F)c(Br)c1. The summed E-state index contributed by atoms with van der Waals surface area (Å²) in [6.07, 6.45) is -3.95. The smallest absolute Gasteiger partial charge is 0.411 e. The van der Waals surface area contributed by atoms with Crippen LogP contribution in [0.25, 0.3) is 0 Å². The average Bonchev–Trinajstić information content (AvgIpc) is 2.34. The number of aliphatic hydroxyl groups excluding tert-OH is 1. The molecule has 0 saturated heterocycles. The Bertz CT molecular complexity index is 415. The quantitative estimate of drug-likeness (QED) is 0.675. The summed E-state index contributed by atoms with van der Waals surface area (Å²) in [5.74, 6) is 0.540. The molecule has 1 rings (SSSR count). The number of benzene rings is 1. The van der Waals surface area contributed by atoms with E-state index in [4.69, 9.17) is 9.84 Å². The highest BCUT2D eigenvalue weighted by atomic mass is 79.9. The average molecular weight is 422 g/mol. The van der Waals surface area contributed by atoms with Gasteiger partial charge in [-0.1, -0.05) is 0 Å². The van der Waals surface area contributed by atoms with Crippen LogP contribution in [0.15, 0.2) is 21.1 Å². The van der Waals surface area contributed by atoms with E-state index < -0.39 is 12.8 Å². The van der Waals surface area contributed by atoms with Crippen LogP contribution in [0.1, 0.15) is 12.0 Å². The number of alkyl halides is 3. The van der Waals surface area contributed by atoms with Crippen LogP contribution in [0.4, 0.5) is 13.2 Å². The molecule has 1 aromatic carbocycles. The van der Waals surface area contributed by atoms with E-state index in [2.05, 4.69) is 36.6 Å². The van der Waals surface area contributed by atoms with E-state index in [1.807, 2.05) is 0 Å². The summed E-state index contributed by atoms with van der Waals surface area (Å²) in [6.45, 7) is -1.13. The maximum atomic E-state index is 11.8. The number of halogens is 5. The number of aliphatic hydroxyl groups is 1. The third-order valence-corrected chi connectivity index (χ3v) is 3.36. The van der Waals surface area contributed by atoms with Gasteiger partial charge in [0.1, 0.15) is 12.4 Å². The summed E-state index contributed by atoms with van der Waals surface area (Å²) in [6, 6.07) is 3.42. The molecule has 114 valence electrons. The second kappa shape index (κ2) is 8.21. The van der Waals surface area contributed by atoms with Gasteiger partial charge in [-0.3, -0.25) is 0 Å². The Morgan fingerprint density at radius 2 is 1.70 bits per heavy atom. The fourth-order valence-corrected chi connectivity index (χ4v) is 2.87. The zero-order valence-electron chi connectivity index (χ0n) is 10.3. The lowest BCUT2D eigenvalue weighted by Crippen LogP contribution is -2.18. The molecule has 0 aromatic heterocycles. The molecular weight excluding hydrogens is 409 g/mol. The van der Waals surface area contributed by atoms with Gasteiger partial charge in [-0.05, 0) is 49.6 Å². The van der Waals surface area contributed by atoms with Crippen LogP contribution in [-0.2, 0) is 11.3 Å². The van der Waals surface area contributed by atoms with Crippen molar-refractivity contribution in [1.82, 2.24) is 0 Å². The molecular formula is C12H13Br2F3O3. The summed E-state index contributed by atoms with van der Waals surface area (Å²) >= 11 is 6.60. The largest absolute Gasteiger partial charge is 0.491 e. The van der Waals surface area contributed by atoms with Gasteiger partial charge in [-0.15, -0.1) is 0 Å². The highest BCUT2D eigenvalue weighted by molar-refractivity contribution is 9.11. The summed E-state index contributed by atoms with van der Waals surface area (Å²) in [4.78, 5) is 0. The molecule has 0 atom stereocenters. The van der Waals surface area contributed by atoms with Crippen molar-refractivity contribution in [3.8, 4) is 5.75 Å². The fourth-order valence-electron chi connectivity index (χ4n) is 1.36. The first kappa shape index (κ1) is 17.7. The molecule has 3 nitrogen and oxygen atoms in total. The van der Waals surface area contributed by atoms with E-state index in [0.29, 0.717) is 26.7 Å². The van der Waals surface area contributed by atoms with Gasteiger partial charge in [0, 0.05) is 6.42 Å². The first-order valence-corrected chi connectivity index (χ1v) is 7.28. The van der Waals surface area contributed by atoms with Crippen molar-refractivity contribution in [2.75, 3.05) is 19.8 Å². The highest BCUT2D eigenvalue weighted by Gasteiger charge is 2.27. The van der Waals surface area contributed by atoms with E-state index in [1.165, 1.54) is 0 Å². The lowest BCUT2D eigenvalue weighted by Gasteiger charge is -2.12. The van der Waals surface area contributed by atoms with E-state index in [9.17, 15) is 13.2 Å². The second-order valence-corrected chi connectivity index (χ2v) is 5.63. The Labute approximate surface area is 131 Å². The summed E-state index contributed by atoms with van der Waals surface area (Å²) in [5, 5.41) is 9.03. The van der Waals surface area contributed by atoms with E-state index >= 15 is 0 Å². The maximum Gasteiger partial charge on any atom is 0.411 e. The molecule has 0 bridgehead atoms. The molecule has 0 aliphatic heterocycles. The van der Waals surface area contributed by atoms with Crippen molar-refractivity contribution in [3.63, 3.8) is 0 Å². The molecule has 0 fully saturated rings. The van der Waals surface area contributed by atoms with Crippen LogP contribution < -0.4 is 4.74 Å². The van der Waals surface area contributed by atoms with Gasteiger partial charge in [0.2, 0.25) is 0 Å². The molecule has 0 aliphatic rings. The Morgan fingerprint density at radius 3 is 2.20 bits per heavy atom. The Morgan fingerprint density at radius 1 is 1.10 bits per heavy atom.